The number of tetrazole rings is 1. The fourth-order valence-corrected chi connectivity index (χ4v) is 2.20. The molecule has 0 aliphatic rings. The normalized spacial score (nSPS) is 10.9. The topological polar surface area (TPSA) is 69.6 Å². The summed E-state index contributed by atoms with van der Waals surface area (Å²) in [7, 11) is 0. The van der Waals surface area contributed by atoms with Crippen LogP contribution in [0, 0.1) is 12.7 Å². The van der Waals surface area contributed by atoms with Crippen molar-refractivity contribution in [2.45, 2.75) is 46.1 Å². The van der Waals surface area contributed by atoms with Gasteiger partial charge in [0.2, 0.25) is 0 Å². The molecule has 5 nitrogen and oxygen atoms in total. The molecule has 1 heterocycles. The number of nitrogen functional groups attached to an aromatic ring is 1. The number of aryl methyl sites for hydroxylation is 2. The van der Waals surface area contributed by atoms with Crippen LogP contribution in [0.1, 0.15) is 38.2 Å². The molecule has 0 saturated carbocycles. The summed E-state index contributed by atoms with van der Waals surface area (Å²) in [5, 5.41) is 11.5. The Labute approximate surface area is 118 Å². The molecule has 0 atom stereocenters. The molecule has 2 N–H and O–H groups in total. The Morgan fingerprint density at radius 3 is 2.80 bits per heavy atom. The summed E-state index contributed by atoms with van der Waals surface area (Å²) in [6.07, 6.45) is 4.46. The highest BCUT2D eigenvalue weighted by molar-refractivity contribution is 5.63. The first kappa shape index (κ1) is 14.4. The van der Waals surface area contributed by atoms with Gasteiger partial charge in [0.15, 0.2) is 5.82 Å². The van der Waals surface area contributed by atoms with Gasteiger partial charge in [-0.25, -0.2) is 9.07 Å². The first-order chi connectivity index (χ1) is 9.63. The second-order valence-corrected chi connectivity index (χ2v) is 4.99. The first-order valence-electron chi connectivity index (χ1n) is 6.95. The van der Waals surface area contributed by atoms with Gasteiger partial charge in [-0.3, -0.25) is 0 Å². The lowest BCUT2D eigenvalue weighted by atomic mass is 10.1. The maximum atomic E-state index is 14.2. The summed E-state index contributed by atoms with van der Waals surface area (Å²) >= 11 is 0. The minimum Gasteiger partial charge on any atom is -0.399 e. The van der Waals surface area contributed by atoms with Gasteiger partial charge in [-0.05, 0) is 41.5 Å². The molecule has 0 aliphatic heterocycles. The first-order valence-corrected chi connectivity index (χ1v) is 6.95. The third kappa shape index (κ3) is 3.12. The van der Waals surface area contributed by atoms with Gasteiger partial charge in [0.1, 0.15) is 5.82 Å². The molecular formula is C14H20FN5. The van der Waals surface area contributed by atoms with Crippen molar-refractivity contribution in [1.82, 2.24) is 20.2 Å². The van der Waals surface area contributed by atoms with Gasteiger partial charge in [0.25, 0.3) is 0 Å². The number of unbranched alkanes of at least 4 members (excludes halogenated alkanes) is 3. The van der Waals surface area contributed by atoms with E-state index in [1.165, 1.54) is 12.8 Å². The Balaban J connectivity index is 2.23. The van der Waals surface area contributed by atoms with E-state index in [-0.39, 0.29) is 5.82 Å². The summed E-state index contributed by atoms with van der Waals surface area (Å²) < 4.78 is 15.8. The SMILES string of the molecule is CCCCCCn1nnnc1-c1cc(N)cc(C)c1F. The summed E-state index contributed by atoms with van der Waals surface area (Å²) in [4.78, 5) is 0. The molecule has 0 saturated heterocycles. The van der Waals surface area contributed by atoms with Crippen LogP contribution >= 0.6 is 0 Å². The van der Waals surface area contributed by atoms with Crippen LogP contribution in [0.3, 0.4) is 0 Å². The lowest BCUT2D eigenvalue weighted by Crippen LogP contribution is -2.05. The number of nitrogens with two attached hydrogens (primary N) is 1. The fourth-order valence-electron chi connectivity index (χ4n) is 2.20. The minimum absolute atomic E-state index is 0.316. The zero-order chi connectivity index (χ0) is 14.5. The quantitative estimate of drug-likeness (QED) is 0.651. The minimum atomic E-state index is -0.316. The highest BCUT2D eigenvalue weighted by Gasteiger charge is 2.15. The van der Waals surface area contributed by atoms with Gasteiger partial charge in [0.05, 0.1) is 5.56 Å². The van der Waals surface area contributed by atoms with Crippen LogP contribution in [0.2, 0.25) is 0 Å². The number of anilines is 1. The number of nitrogens with zero attached hydrogens (tertiary/aromatic N) is 4. The van der Waals surface area contributed by atoms with Crippen molar-refractivity contribution in [1.29, 1.82) is 0 Å². The van der Waals surface area contributed by atoms with Crippen molar-refractivity contribution in [3.8, 4) is 11.4 Å². The summed E-state index contributed by atoms with van der Waals surface area (Å²) in [5.74, 6) is 0.123. The van der Waals surface area contributed by atoms with E-state index in [2.05, 4.69) is 22.4 Å². The van der Waals surface area contributed by atoms with E-state index in [0.717, 1.165) is 12.8 Å². The molecule has 0 unspecified atom stereocenters. The van der Waals surface area contributed by atoms with Crippen molar-refractivity contribution in [3.63, 3.8) is 0 Å². The third-order valence-corrected chi connectivity index (χ3v) is 3.27. The molecule has 1 aromatic carbocycles. The summed E-state index contributed by atoms with van der Waals surface area (Å²) in [5.41, 5.74) is 7.16. The largest absolute Gasteiger partial charge is 0.399 e. The Hall–Kier alpha value is -1.98. The molecule has 0 amide bonds. The number of halogens is 1. The van der Waals surface area contributed by atoms with E-state index in [1.807, 2.05) is 0 Å². The van der Waals surface area contributed by atoms with Crippen molar-refractivity contribution >= 4 is 5.69 Å². The molecule has 0 fully saturated rings. The van der Waals surface area contributed by atoms with E-state index in [0.29, 0.717) is 29.2 Å². The van der Waals surface area contributed by atoms with Crippen LogP contribution in [0.25, 0.3) is 11.4 Å². The van der Waals surface area contributed by atoms with Crippen molar-refractivity contribution in [2.24, 2.45) is 0 Å². The number of benzene rings is 1. The van der Waals surface area contributed by atoms with Gasteiger partial charge >= 0.3 is 0 Å². The van der Waals surface area contributed by atoms with E-state index in [4.69, 9.17) is 5.73 Å². The van der Waals surface area contributed by atoms with Crippen LogP contribution in [-0.2, 0) is 6.54 Å². The van der Waals surface area contributed by atoms with Crippen LogP contribution in [-0.4, -0.2) is 20.2 Å². The molecule has 6 heteroatoms. The Morgan fingerprint density at radius 1 is 1.25 bits per heavy atom. The van der Waals surface area contributed by atoms with Crippen molar-refractivity contribution < 1.29 is 4.39 Å². The monoisotopic (exact) mass is 277 g/mol. The molecule has 0 aliphatic carbocycles. The van der Waals surface area contributed by atoms with Gasteiger partial charge in [-0.2, -0.15) is 0 Å². The molecule has 1 aromatic heterocycles. The molecule has 2 rings (SSSR count). The van der Waals surface area contributed by atoms with Gasteiger partial charge < -0.3 is 5.73 Å². The molecule has 2 aromatic rings. The van der Waals surface area contributed by atoms with Gasteiger partial charge in [-0.15, -0.1) is 5.10 Å². The Bertz CT molecular complexity index is 579. The third-order valence-electron chi connectivity index (χ3n) is 3.27. The maximum Gasteiger partial charge on any atom is 0.185 e. The average Bonchev–Trinajstić information content (AvgIpc) is 2.87. The van der Waals surface area contributed by atoms with Crippen LogP contribution in [0.4, 0.5) is 10.1 Å². The zero-order valence-electron chi connectivity index (χ0n) is 11.9. The summed E-state index contributed by atoms with van der Waals surface area (Å²) in [6, 6.07) is 3.19. The standard InChI is InChI=1S/C14H20FN5/c1-3-4-5-6-7-20-14(17-18-19-20)12-9-11(16)8-10(2)13(12)15/h8-9H,3-7,16H2,1-2H3. The number of rotatable bonds is 6. The second kappa shape index (κ2) is 6.45. The lowest BCUT2D eigenvalue weighted by molar-refractivity contribution is 0.529. The number of hydrogen-bond donors (Lipinski definition) is 1. The second-order valence-electron chi connectivity index (χ2n) is 4.99. The molecule has 0 spiro atoms. The highest BCUT2D eigenvalue weighted by atomic mass is 19.1. The number of aromatic nitrogens is 4. The van der Waals surface area contributed by atoms with E-state index >= 15 is 0 Å². The predicted octanol–water partition coefficient (Wildman–Crippen LogP) is 2.95. The fraction of sp³-hybridized carbons (Fsp3) is 0.500. The predicted molar refractivity (Wildman–Crippen MR) is 76.5 cm³/mol. The zero-order valence-corrected chi connectivity index (χ0v) is 11.9. The Kier molecular flexibility index (Phi) is 4.65. The maximum absolute atomic E-state index is 14.2. The van der Waals surface area contributed by atoms with Crippen LogP contribution in [0.15, 0.2) is 12.1 Å². The Morgan fingerprint density at radius 2 is 2.05 bits per heavy atom. The van der Waals surface area contributed by atoms with E-state index in [9.17, 15) is 4.39 Å². The smallest absolute Gasteiger partial charge is 0.185 e. The van der Waals surface area contributed by atoms with E-state index < -0.39 is 0 Å². The lowest BCUT2D eigenvalue weighted by Gasteiger charge is -2.08. The van der Waals surface area contributed by atoms with Crippen LogP contribution in [0.5, 0.6) is 0 Å². The molecule has 108 valence electrons. The van der Waals surface area contributed by atoms with Gasteiger partial charge in [0, 0.05) is 12.2 Å². The molecular weight excluding hydrogens is 257 g/mol. The van der Waals surface area contributed by atoms with Crippen molar-refractivity contribution in [3.05, 3.63) is 23.5 Å². The van der Waals surface area contributed by atoms with E-state index in [1.54, 1.807) is 23.7 Å². The molecule has 20 heavy (non-hydrogen) atoms. The molecule has 0 radical (unpaired) electrons. The van der Waals surface area contributed by atoms with Gasteiger partial charge in [-0.1, -0.05) is 26.2 Å². The highest BCUT2D eigenvalue weighted by Crippen LogP contribution is 2.25. The summed E-state index contributed by atoms with van der Waals surface area (Å²) in [6.45, 7) is 4.54. The number of hydrogen-bond acceptors (Lipinski definition) is 4. The molecule has 0 bridgehead atoms. The van der Waals surface area contributed by atoms with Crippen LogP contribution < -0.4 is 5.73 Å². The van der Waals surface area contributed by atoms with Crippen molar-refractivity contribution in [2.75, 3.05) is 5.73 Å². The average molecular weight is 277 g/mol.